The smallest absolute Gasteiger partial charge is 0.268 e. The Labute approximate surface area is 113 Å². The first-order valence-electron chi connectivity index (χ1n) is 5.62. The second kappa shape index (κ2) is 4.87. The summed E-state index contributed by atoms with van der Waals surface area (Å²) < 4.78 is 13.3. The van der Waals surface area contributed by atoms with Crippen LogP contribution in [0.25, 0.3) is 11.1 Å². The maximum Gasteiger partial charge on any atom is 0.268 e. The van der Waals surface area contributed by atoms with Gasteiger partial charge in [-0.15, -0.1) is 0 Å². The molecule has 0 amide bonds. The van der Waals surface area contributed by atoms with Crippen LogP contribution in [0.3, 0.4) is 0 Å². The van der Waals surface area contributed by atoms with Crippen LogP contribution in [0.5, 0.6) is 0 Å². The van der Waals surface area contributed by atoms with Crippen LogP contribution in [0.1, 0.15) is 16.7 Å². The Morgan fingerprint density at radius 2 is 1.90 bits per heavy atom. The van der Waals surface area contributed by atoms with E-state index >= 15 is 0 Å². The highest BCUT2D eigenvalue weighted by molar-refractivity contribution is 5.80. The maximum atomic E-state index is 13.3. The molecule has 1 aromatic heterocycles. The molecule has 0 unspecified atom stereocenters. The van der Waals surface area contributed by atoms with Gasteiger partial charge in [0.25, 0.3) is 5.56 Å². The Hall–Kier alpha value is -3.12. The number of rotatable bonds is 1. The monoisotopic (exact) mass is 268 g/mol. The quantitative estimate of drug-likeness (QED) is 0.822. The van der Waals surface area contributed by atoms with Crippen LogP contribution in [-0.4, -0.2) is 4.98 Å². The van der Waals surface area contributed by atoms with Crippen molar-refractivity contribution in [2.75, 3.05) is 5.73 Å². The SMILES string of the molecule is Cc1cc(-c2c(C#N)c(N)[nH]c(=O)c2C#N)ccc1F. The van der Waals surface area contributed by atoms with E-state index in [9.17, 15) is 9.18 Å². The lowest BCUT2D eigenvalue weighted by molar-refractivity contribution is 0.619. The number of hydrogen-bond donors (Lipinski definition) is 2. The number of nitrogen functional groups attached to an aromatic ring is 1. The van der Waals surface area contributed by atoms with Gasteiger partial charge >= 0.3 is 0 Å². The summed E-state index contributed by atoms with van der Waals surface area (Å²) in [6.07, 6.45) is 0. The zero-order valence-electron chi connectivity index (χ0n) is 10.5. The zero-order chi connectivity index (χ0) is 14.9. The fraction of sp³-hybridized carbons (Fsp3) is 0.0714. The highest BCUT2D eigenvalue weighted by Crippen LogP contribution is 2.29. The van der Waals surface area contributed by atoms with Gasteiger partial charge in [0.2, 0.25) is 0 Å². The van der Waals surface area contributed by atoms with Crippen LogP contribution < -0.4 is 11.3 Å². The molecule has 6 heteroatoms. The predicted octanol–water partition coefficient (Wildman–Crippen LogP) is 1.81. The molecule has 0 radical (unpaired) electrons. The third-order valence-corrected chi connectivity index (χ3v) is 2.91. The van der Waals surface area contributed by atoms with Crippen molar-refractivity contribution < 1.29 is 4.39 Å². The van der Waals surface area contributed by atoms with Crippen molar-refractivity contribution >= 4 is 5.82 Å². The van der Waals surface area contributed by atoms with Gasteiger partial charge in [0, 0.05) is 5.56 Å². The van der Waals surface area contributed by atoms with E-state index in [4.69, 9.17) is 16.3 Å². The Balaban J connectivity index is 2.92. The van der Waals surface area contributed by atoms with Crippen molar-refractivity contribution in [2.24, 2.45) is 0 Å². The summed E-state index contributed by atoms with van der Waals surface area (Å²) in [5.74, 6) is -0.531. The number of nitrogens with zero attached hydrogens (tertiary/aromatic N) is 2. The summed E-state index contributed by atoms with van der Waals surface area (Å²) in [5.41, 5.74) is 5.56. The molecule has 1 heterocycles. The molecule has 20 heavy (non-hydrogen) atoms. The molecule has 5 nitrogen and oxygen atoms in total. The molecule has 0 saturated heterocycles. The molecule has 1 aromatic carbocycles. The lowest BCUT2D eigenvalue weighted by atomic mass is 9.95. The largest absolute Gasteiger partial charge is 0.384 e. The van der Waals surface area contributed by atoms with Gasteiger partial charge in [0.15, 0.2) is 0 Å². The number of hydrogen-bond acceptors (Lipinski definition) is 4. The van der Waals surface area contributed by atoms with Gasteiger partial charge in [-0.05, 0) is 30.2 Å². The normalized spacial score (nSPS) is 9.80. The number of H-pyrrole nitrogens is 1. The summed E-state index contributed by atoms with van der Waals surface area (Å²) in [6.45, 7) is 1.55. The van der Waals surface area contributed by atoms with Gasteiger partial charge in [-0.25, -0.2) is 4.39 Å². The third kappa shape index (κ3) is 2.00. The van der Waals surface area contributed by atoms with E-state index in [1.165, 1.54) is 18.2 Å². The van der Waals surface area contributed by atoms with E-state index in [-0.39, 0.29) is 22.5 Å². The van der Waals surface area contributed by atoms with Crippen LogP contribution in [0.15, 0.2) is 23.0 Å². The number of aromatic amines is 1. The molecule has 0 atom stereocenters. The molecule has 0 spiro atoms. The maximum absolute atomic E-state index is 13.3. The van der Waals surface area contributed by atoms with Gasteiger partial charge in [-0.3, -0.25) is 4.79 Å². The van der Waals surface area contributed by atoms with Crippen molar-refractivity contribution in [3.8, 4) is 23.3 Å². The van der Waals surface area contributed by atoms with Crippen molar-refractivity contribution in [2.45, 2.75) is 6.92 Å². The van der Waals surface area contributed by atoms with Gasteiger partial charge in [0.1, 0.15) is 34.9 Å². The number of pyridine rings is 1. The minimum atomic E-state index is -0.680. The fourth-order valence-electron chi connectivity index (χ4n) is 1.93. The molecule has 0 saturated carbocycles. The van der Waals surface area contributed by atoms with E-state index in [1.807, 2.05) is 6.07 Å². The van der Waals surface area contributed by atoms with Crippen LogP contribution in [-0.2, 0) is 0 Å². The third-order valence-electron chi connectivity index (χ3n) is 2.91. The molecule has 0 aliphatic carbocycles. The standard InChI is InChI=1S/C14H9FN4O/c1-7-4-8(2-3-11(7)15)12-9(5-16)13(18)19-14(20)10(12)6-17/h2-4H,1H3,(H3,18,19,20). The van der Waals surface area contributed by atoms with E-state index in [2.05, 4.69) is 4.98 Å². The second-order valence-electron chi connectivity index (χ2n) is 4.18. The van der Waals surface area contributed by atoms with E-state index in [0.717, 1.165) is 0 Å². The minimum absolute atomic E-state index is 0.00726. The number of benzene rings is 1. The average molecular weight is 268 g/mol. The first-order valence-corrected chi connectivity index (χ1v) is 5.62. The molecule has 0 aliphatic heterocycles. The Bertz CT molecular complexity index is 840. The van der Waals surface area contributed by atoms with Gasteiger partial charge in [-0.1, -0.05) is 6.07 Å². The number of nitriles is 2. The summed E-state index contributed by atoms with van der Waals surface area (Å²) in [5, 5.41) is 18.3. The Morgan fingerprint density at radius 1 is 1.25 bits per heavy atom. The second-order valence-corrected chi connectivity index (χ2v) is 4.18. The predicted molar refractivity (Wildman–Crippen MR) is 71.0 cm³/mol. The number of anilines is 1. The molecule has 2 aromatic rings. The highest BCUT2D eigenvalue weighted by Gasteiger charge is 2.18. The topological polar surface area (TPSA) is 106 Å². The summed E-state index contributed by atoms with van der Waals surface area (Å²) in [4.78, 5) is 14.0. The van der Waals surface area contributed by atoms with Crippen LogP contribution in [0.2, 0.25) is 0 Å². The molecule has 0 aliphatic rings. The lowest BCUT2D eigenvalue weighted by Gasteiger charge is -2.09. The number of aromatic nitrogens is 1. The van der Waals surface area contributed by atoms with Gasteiger partial charge in [-0.2, -0.15) is 10.5 Å². The molecule has 2 rings (SSSR count). The molecule has 0 fully saturated rings. The summed E-state index contributed by atoms with van der Waals surface area (Å²) >= 11 is 0. The zero-order valence-corrected chi connectivity index (χ0v) is 10.5. The first-order chi connectivity index (χ1) is 9.49. The summed E-state index contributed by atoms with van der Waals surface area (Å²) in [6, 6.07) is 7.69. The van der Waals surface area contributed by atoms with Crippen molar-refractivity contribution in [3.05, 3.63) is 51.1 Å². The fourth-order valence-corrected chi connectivity index (χ4v) is 1.93. The number of nitrogens with one attached hydrogen (secondary N) is 1. The van der Waals surface area contributed by atoms with Gasteiger partial charge < -0.3 is 10.7 Å². The molecule has 98 valence electrons. The number of halogens is 1. The minimum Gasteiger partial charge on any atom is -0.384 e. The number of aryl methyl sites for hydroxylation is 1. The Morgan fingerprint density at radius 3 is 2.45 bits per heavy atom. The van der Waals surface area contributed by atoms with Crippen molar-refractivity contribution in [1.29, 1.82) is 10.5 Å². The molecular weight excluding hydrogens is 259 g/mol. The highest BCUT2D eigenvalue weighted by atomic mass is 19.1. The van der Waals surface area contributed by atoms with E-state index in [1.54, 1.807) is 13.0 Å². The number of nitrogens with two attached hydrogens (primary N) is 1. The van der Waals surface area contributed by atoms with E-state index < -0.39 is 11.4 Å². The van der Waals surface area contributed by atoms with Crippen LogP contribution in [0, 0.1) is 35.4 Å². The molecule has 3 N–H and O–H groups in total. The van der Waals surface area contributed by atoms with Crippen molar-refractivity contribution in [3.63, 3.8) is 0 Å². The van der Waals surface area contributed by atoms with E-state index in [0.29, 0.717) is 11.1 Å². The van der Waals surface area contributed by atoms with Gasteiger partial charge in [0.05, 0.1) is 0 Å². The summed E-state index contributed by atoms with van der Waals surface area (Å²) in [7, 11) is 0. The lowest BCUT2D eigenvalue weighted by Crippen LogP contribution is -2.16. The van der Waals surface area contributed by atoms with Crippen molar-refractivity contribution in [1.82, 2.24) is 4.98 Å². The van der Waals surface area contributed by atoms with Crippen LogP contribution >= 0.6 is 0 Å². The van der Waals surface area contributed by atoms with Crippen LogP contribution in [0.4, 0.5) is 10.2 Å². The molecule has 0 bridgehead atoms. The average Bonchev–Trinajstić information content (AvgIpc) is 2.41. The molecular formula is C14H9FN4O. The first kappa shape index (κ1) is 13.3. The Kier molecular flexibility index (Phi) is 3.24.